The fourth-order valence-corrected chi connectivity index (χ4v) is 2.89. The van der Waals surface area contributed by atoms with Gasteiger partial charge in [-0.1, -0.05) is 24.6 Å². The van der Waals surface area contributed by atoms with Crippen LogP contribution in [0.4, 0.5) is 4.39 Å². The van der Waals surface area contributed by atoms with Gasteiger partial charge in [-0.05, 0) is 50.4 Å². The van der Waals surface area contributed by atoms with Gasteiger partial charge in [-0.2, -0.15) is 0 Å². The first-order chi connectivity index (χ1) is 9.05. The molecule has 1 heterocycles. The lowest BCUT2D eigenvalue weighted by Gasteiger charge is -2.34. The largest absolute Gasteiger partial charge is 0.374 e. The third kappa shape index (κ3) is 3.47. The molecule has 2 rings (SSSR count). The molecule has 1 aromatic carbocycles. The zero-order valence-corrected chi connectivity index (χ0v) is 12.3. The molecule has 2 atom stereocenters. The van der Waals surface area contributed by atoms with E-state index in [2.05, 4.69) is 19.2 Å². The zero-order chi connectivity index (χ0) is 13.9. The van der Waals surface area contributed by atoms with Crippen LogP contribution < -0.4 is 5.32 Å². The molecule has 4 heteroatoms. The predicted molar refractivity (Wildman–Crippen MR) is 76.2 cm³/mol. The molecular formula is C15H21ClFNO. The third-order valence-electron chi connectivity index (χ3n) is 3.88. The quantitative estimate of drug-likeness (QED) is 0.893. The van der Waals surface area contributed by atoms with Crippen molar-refractivity contribution in [2.75, 3.05) is 13.2 Å². The van der Waals surface area contributed by atoms with Crippen molar-refractivity contribution in [3.63, 3.8) is 0 Å². The Morgan fingerprint density at radius 3 is 2.89 bits per heavy atom. The molecule has 0 bridgehead atoms. The van der Waals surface area contributed by atoms with Crippen LogP contribution in [0.2, 0.25) is 5.02 Å². The summed E-state index contributed by atoms with van der Waals surface area (Å²) in [5, 5.41) is 3.87. The second-order valence-corrected chi connectivity index (χ2v) is 5.75. The molecule has 106 valence electrons. The van der Waals surface area contributed by atoms with E-state index in [0.717, 1.165) is 26.0 Å². The summed E-state index contributed by atoms with van der Waals surface area (Å²) in [4.78, 5) is 0. The van der Waals surface area contributed by atoms with Crippen LogP contribution in [0.25, 0.3) is 0 Å². The van der Waals surface area contributed by atoms with E-state index in [-0.39, 0.29) is 17.5 Å². The van der Waals surface area contributed by atoms with Gasteiger partial charge in [-0.15, -0.1) is 0 Å². The Morgan fingerprint density at radius 1 is 1.53 bits per heavy atom. The number of ether oxygens (including phenoxy) is 1. The van der Waals surface area contributed by atoms with Crippen molar-refractivity contribution in [3.8, 4) is 0 Å². The summed E-state index contributed by atoms with van der Waals surface area (Å²) < 4.78 is 19.8. The van der Waals surface area contributed by atoms with E-state index in [1.54, 1.807) is 12.1 Å². The molecule has 0 aliphatic carbocycles. The summed E-state index contributed by atoms with van der Waals surface area (Å²) in [6.07, 6.45) is 2.70. The Bertz CT molecular complexity index is 432. The van der Waals surface area contributed by atoms with Gasteiger partial charge in [0.05, 0.1) is 5.60 Å². The second-order valence-electron chi connectivity index (χ2n) is 5.31. The normalized spacial score (nSPS) is 24.6. The molecule has 19 heavy (non-hydrogen) atoms. The second kappa shape index (κ2) is 6.21. The minimum Gasteiger partial charge on any atom is -0.374 e. The van der Waals surface area contributed by atoms with Crippen molar-refractivity contribution >= 4 is 11.6 Å². The van der Waals surface area contributed by atoms with Crippen molar-refractivity contribution in [1.82, 2.24) is 5.32 Å². The lowest BCUT2D eigenvalue weighted by atomic mass is 9.88. The van der Waals surface area contributed by atoms with Gasteiger partial charge in [0.15, 0.2) is 0 Å². The number of benzene rings is 1. The van der Waals surface area contributed by atoms with E-state index in [1.165, 1.54) is 6.07 Å². The van der Waals surface area contributed by atoms with Gasteiger partial charge >= 0.3 is 0 Å². The van der Waals surface area contributed by atoms with E-state index >= 15 is 0 Å². The topological polar surface area (TPSA) is 21.3 Å². The Hall–Kier alpha value is -0.640. The number of halogens is 2. The Balaban J connectivity index is 2.16. The van der Waals surface area contributed by atoms with Crippen molar-refractivity contribution in [1.29, 1.82) is 0 Å². The highest BCUT2D eigenvalue weighted by molar-refractivity contribution is 6.30. The molecule has 0 spiro atoms. The summed E-state index contributed by atoms with van der Waals surface area (Å²) in [5.41, 5.74) is 0.481. The fourth-order valence-electron chi connectivity index (χ4n) is 2.73. The molecule has 1 aliphatic heterocycles. The van der Waals surface area contributed by atoms with Crippen LogP contribution in [0.1, 0.15) is 32.3 Å². The number of likely N-dealkylation sites (N-methyl/N-ethyl adjacent to an activating group) is 1. The lowest BCUT2D eigenvalue weighted by molar-refractivity contribution is -0.0112. The standard InChI is InChI=1S/C15H21ClFNO/c1-3-18-14(15(2)7-4-8-19-15)9-11-5-6-12(16)10-13(11)17/h5-6,10,14,18H,3-4,7-9H2,1-2H3. The van der Waals surface area contributed by atoms with Gasteiger partial charge in [0.1, 0.15) is 5.82 Å². The van der Waals surface area contributed by atoms with Crippen LogP contribution in [0.15, 0.2) is 18.2 Å². The summed E-state index contributed by atoms with van der Waals surface area (Å²) in [5.74, 6) is -0.239. The predicted octanol–water partition coefficient (Wildman–Crippen LogP) is 3.57. The van der Waals surface area contributed by atoms with Crippen LogP contribution in [0.3, 0.4) is 0 Å². The maximum atomic E-state index is 13.9. The van der Waals surface area contributed by atoms with Crippen LogP contribution >= 0.6 is 11.6 Å². The molecule has 0 aromatic heterocycles. The summed E-state index contributed by atoms with van der Waals surface area (Å²) >= 11 is 5.79. The van der Waals surface area contributed by atoms with Crippen molar-refractivity contribution in [3.05, 3.63) is 34.6 Å². The van der Waals surface area contributed by atoms with Crippen LogP contribution in [0.5, 0.6) is 0 Å². The minimum absolute atomic E-state index is 0.121. The summed E-state index contributed by atoms with van der Waals surface area (Å²) in [7, 11) is 0. The molecule has 1 saturated heterocycles. The van der Waals surface area contributed by atoms with Crippen molar-refractivity contribution in [2.45, 2.75) is 44.8 Å². The van der Waals surface area contributed by atoms with Gasteiger partial charge in [-0.3, -0.25) is 0 Å². The van der Waals surface area contributed by atoms with Crippen LogP contribution in [-0.2, 0) is 11.2 Å². The summed E-state index contributed by atoms with van der Waals surface area (Å²) in [6, 6.07) is 4.99. The van der Waals surface area contributed by atoms with E-state index in [0.29, 0.717) is 17.0 Å². The zero-order valence-electron chi connectivity index (χ0n) is 11.5. The van der Waals surface area contributed by atoms with E-state index in [1.807, 2.05) is 0 Å². The van der Waals surface area contributed by atoms with Crippen molar-refractivity contribution < 1.29 is 9.13 Å². The monoisotopic (exact) mass is 285 g/mol. The highest BCUT2D eigenvalue weighted by Gasteiger charge is 2.38. The maximum absolute atomic E-state index is 13.9. The van der Waals surface area contributed by atoms with Gasteiger partial charge in [0.25, 0.3) is 0 Å². The molecule has 1 fully saturated rings. The molecule has 1 aromatic rings. The minimum atomic E-state index is -0.239. The maximum Gasteiger partial charge on any atom is 0.127 e. The lowest BCUT2D eigenvalue weighted by Crippen LogP contribution is -2.49. The molecule has 0 radical (unpaired) electrons. The Kier molecular flexibility index (Phi) is 4.82. The fraction of sp³-hybridized carbons (Fsp3) is 0.600. The molecule has 0 saturated carbocycles. The highest BCUT2D eigenvalue weighted by Crippen LogP contribution is 2.31. The first kappa shape index (κ1) is 14.8. The molecular weight excluding hydrogens is 265 g/mol. The van der Waals surface area contributed by atoms with E-state index in [9.17, 15) is 4.39 Å². The first-order valence-corrected chi connectivity index (χ1v) is 7.24. The van der Waals surface area contributed by atoms with Gasteiger partial charge < -0.3 is 10.1 Å². The first-order valence-electron chi connectivity index (χ1n) is 6.86. The van der Waals surface area contributed by atoms with Gasteiger partial charge in [0.2, 0.25) is 0 Å². The molecule has 0 amide bonds. The summed E-state index contributed by atoms with van der Waals surface area (Å²) in [6.45, 7) is 5.81. The van der Waals surface area contributed by atoms with E-state index < -0.39 is 0 Å². The third-order valence-corrected chi connectivity index (χ3v) is 4.11. The Morgan fingerprint density at radius 2 is 2.32 bits per heavy atom. The van der Waals surface area contributed by atoms with Gasteiger partial charge in [0, 0.05) is 17.7 Å². The molecule has 2 nitrogen and oxygen atoms in total. The SMILES string of the molecule is CCNC(Cc1ccc(Cl)cc1F)C1(C)CCCO1. The Labute approximate surface area is 119 Å². The average molecular weight is 286 g/mol. The smallest absolute Gasteiger partial charge is 0.127 e. The number of rotatable bonds is 5. The number of nitrogens with one attached hydrogen (secondary N) is 1. The van der Waals surface area contributed by atoms with Crippen LogP contribution in [0, 0.1) is 5.82 Å². The molecule has 1 N–H and O–H groups in total. The number of hydrogen-bond donors (Lipinski definition) is 1. The molecule has 1 aliphatic rings. The average Bonchev–Trinajstić information content (AvgIpc) is 2.80. The highest BCUT2D eigenvalue weighted by atomic mass is 35.5. The van der Waals surface area contributed by atoms with E-state index in [4.69, 9.17) is 16.3 Å². The van der Waals surface area contributed by atoms with Crippen LogP contribution in [-0.4, -0.2) is 24.8 Å². The van der Waals surface area contributed by atoms with Crippen molar-refractivity contribution in [2.24, 2.45) is 0 Å². The van der Waals surface area contributed by atoms with Gasteiger partial charge in [-0.25, -0.2) is 4.39 Å². The number of hydrogen-bond acceptors (Lipinski definition) is 2. The molecule has 2 unspecified atom stereocenters.